The molecule has 3 aromatic rings. The number of nitrogens with zero attached hydrogens (tertiary/aromatic N) is 4. The van der Waals surface area contributed by atoms with E-state index in [9.17, 15) is 4.79 Å². The summed E-state index contributed by atoms with van der Waals surface area (Å²) >= 11 is 3.76. The smallest absolute Gasteiger partial charge is 0.303 e. The van der Waals surface area contributed by atoms with Crippen molar-refractivity contribution in [2.75, 3.05) is 12.5 Å². The average molecular weight is 527 g/mol. The number of unbranched alkanes of at least 4 members (excludes halogenated alkanes) is 2. The molecular weight excluding hydrogens is 509 g/mol. The molecule has 0 unspecified atom stereocenters. The van der Waals surface area contributed by atoms with E-state index in [1.54, 1.807) is 0 Å². The van der Waals surface area contributed by atoms with Gasteiger partial charge in [0.25, 0.3) is 0 Å². The lowest BCUT2D eigenvalue weighted by molar-refractivity contribution is -0.137. The maximum atomic E-state index is 10.7. The third kappa shape index (κ3) is 4.34. The second-order valence-corrected chi connectivity index (χ2v) is 8.59. The Balaban J connectivity index is 1.61. The van der Waals surface area contributed by atoms with Crippen LogP contribution in [0.1, 0.15) is 25.7 Å². The molecule has 2 aromatic heterocycles. The number of carbonyl (C=O) groups is 1. The van der Waals surface area contributed by atoms with Gasteiger partial charge in [0, 0.05) is 21.4 Å². The van der Waals surface area contributed by atoms with Gasteiger partial charge in [0.1, 0.15) is 6.33 Å². The fraction of sp³-hybridized carbons (Fsp3) is 0.333. The summed E-state index contributed by atoms with van der Waals surface area (Å²) in [6.45, 7) is 0.885. The van der Waals surface area contributed by atoms with Crippen molar-refractivity contribution in [2.24, 2.45) is 0 Å². The van der Waals surface area contributed by atoms with Crippen LogP contribution >= 0.6 is 34.4 Å². The number of rotatable bonds is 8. The number of carboxylic acid groups (broad SMARTS) is 1. The van der Waals surface area contributed by atoms with E-state index >= 15 is 0 Å². The zero-order valence-corrected chi connectivity index (χ0v) is 18.3. The van der Waals surface area contributed by atoms with Gasteiger partial charge in [0.05, 0.1) is 0 Å². The van der Waals surface area contributed by atoms with Crippen LogP contribution in [-0.4, -0.2) is 37.4 Å². The lowest BCUT2D eigenvalue weighted by atomic mass is 10.2. The van der Waals surface area contributed by atoms with Gasteiger partial charge in [-0.15, -0.1) is 0 Å². The minimum atomic E-state index is -0.771. The number of aryl methyl sites for hydroxylation is 1. The number of fused-ring (bicyclic) bond motifs is 2. The molecule has 0 atom stereocenters. The summed E-state index contributed by atoms with van der Waals surface area (Å²) in [5.41, 5.74) is 7.25. The Kier molecular flexibility index (Phi) is 5.94. The van der Waals surface area contributed by atoms with Crippen LogP contribution < -0.4 is 15.2 Å². The van der Waals surface area contributed by atoms with E-state index in [1.807, 2.05) is 16.7 Å². The zero-order valence-electron chi connectivity index (χ0n) is 15.3. The first-order valence-electron chi connectivity index (χ1n) is 8.98. The van der Waals surface area contributed by atoms with Crippen molar-refractivity contribution in [3.05, 3.63) is 22.0 Å². The number of hydrogen-bond acceptors (Lipinski definition) is 8. The van der Waals surface area contributed by atoms with Gasteiger partial charge in [-0.2, -0.15) is 0 Å². The van der Waals surface area contributed by atoms with Gasteiger partial charge >= 0.3 is 5.97 Å². The molecule has 1 aliphatic heterocycles. The van der Waals surface area contributed by atoms with E-state index in [0.717, 1.165) is 32.2 Å². The molecule has 0 fully saturated rings. The highest BCUT2D eigenvalue weighted by Gasteiger charge is 2.20. The summed E-state index contributed by atoms with van der Waals surface area (Å²) in [5, 5.41) is 9.55. The molecule has 0 amide bonds. The van der Waals surface area contributed by atoms with Gasteiger partial charge in [-0.25, -0.2) is 15.0 Å². The van der Waals surface area contributed by atoms with Crippen LogP contribution in [0.15, 0.2) is 28.5 Å². The quantitative estimate of drug-likeness (QED) is 0.334. The topological polar surface area (TPSA) is 125 Å². The number of imidazole rings is 1. The van der Waals surface area contributed by atoms with Gasteiger partial charge < -0.3 is 24.9 Å². The number of carboxylic acids is 1. The summed E-state index contributed by atoms with van der Waals surface area (Å²) in [4.78, 5) is 24.8. The molecule has 9 nitrogen and oxygen atoms in total. The summed E-state index contributed by atoms with van der Waals surface area (Å²) in [7, 11) is 0. The summed E-state index contributed by atoms with van der Waals surface area (Å²) in [5.74, 6) is 1.01. The molecule has 1 aromatic carbocycles. The number of benzene rings is 1. The average Bonchev–Trinajstić information content (AvgIpc) is 3.27. The Morgan fingerprint density at radius 3 is 2.83 bits per heavy atom. The van der Waals surface area contributed by atoms with Crippen LogP contribution in [0.5, 0.6) is 11.5 Å². The van der Waals surface area contributed by atoms with Crippen LogP contribution in [0, 0.1) is 3.57 Å². The third-order valence-electron chi connectivity index (χ3n) is 4.43. The Labute approximate surface area is 184 Å². The summed E-state index contributed by atoms with van der Waals surface area (Å²) < 4.78 is 14.0. The van der Waals surface area contributed by atoms with Crippen molar-refractivity contribution in [3.63, 3.8) is 0 Å². The normalized spacial score (nSPS) is 12.6. The molecule has 0 spiro atoms. The second kappa shape index (κ2) is 8.61. The van der Waals surface area contributed by atoms with Gasteiger partial charge in [-0.1, -0.05) is 18.2 Å². The van der Waals surface area contributed by atoms with E-state index in [1.165, 1.54) is 18.1 Å². The first-order valence-corrected chi connectivity index (χ1v) is 10.9. The van der Waals surface area contributed by atoms with Crippen molar-refractivity contribution >= 4 is 57.3 Å². The number of anilines is 1. The van der Waals surface area contributed by atoms with Crippen molar-refractivity contribution in [3.8, 4) is 11.5 Å². The van der Waals surface area contributed by atoms with Gasteiger partial charge in [-0.05, 0) is 47.6 Å². The van der Waals surface area contributed by atoms with E-state index in [0.29, 0.717) is 35.7 Å². The first kappa shape index (κ1) is 20.0. The van der Waals surface area contributed by atoms with E-state index < -0.39 is 5.97 Å². The third-order valence-corrected chi connectivity index (χ3v) is 6.74. The van der Waals surface area contributed by atoms with Crippen molar-refractivity contribution in [1.82, 2.24) is 19.5 Å². The molecule has 152 valence electrons. The molecular formula is C18H18IN5O4S. The summed E-state index contributed by atoms with van der Waals surface area (Å²) in [6.07, 6.45) is 3.87. The molecule has 0 aliphatic carbocycles. The number of nitrogen functional groups attached to an aromatic ring is 1. The maximum absolute atomic E-state index is 10.7. The molecule has 0 bridgehead atoms. The monoisotopic (exact) mass is 527 g/mol. The minimum Gasteiger partial charge on any atom is -0.481 e. The summed E-state index contributed by atoms with van der Waals surface area (Å²) in [6, 6.07) is 3.89. The van der Waals surface area contributed by atoms with Crippen LogP contribution in [0.25, 0.3) is 11.2 Å². The Hall–Kier alpha value is -2.28. The Morgan fingerprint density at radius 2 is 2.03 bits per heavy atom. The highest BCUT2D eigenvalue weighted by Crippen LogP contribution is 2.41. The molecule has 11 heteroatoms. The minimum absolute atomic E-state index is 0.177. The number of nitrogens with two attached hydrogens (primary N) is 1. The standard InChI is InChI=1S/C18H18IN5O4S/c19-10-6-11-12(28-9-27-11)7-13(10)29-18-23-15-16(20)21-8-22-17(15)24(18)5-3-1-2-4-14(25)26/h6-8H,1-5,9H2,(H,25,26)(H2,20,21,22). The lowest BCUT2D eigenvalue weighted by Gasteiger charge is -2.09. The number of hydrogen-bond donors (Lipinski definition) is 2. The van der Waals surface area contributed by atoms with E-state index in [2.05, 4.69) is 37.5 Å². The van der Waals surface area contributed by atoms with Crippen molar-refractivity contribution in [2.45, 2.75) is 42.3 Å². The first-order chi connectivity index (χ1) is 14.0. The highest BCUT2D eigenvalue weighted by molar-refractivity contribution is 14.1. The molecule has 4 rings (SSSR count). The van der Waals surface area contributed by atoms with Gasteiger partial charge in [-0.3, -0.25) is 4.79 Å². The molecule has 0 saturated heterocycles. The van der Waals surface area contributed by atoms with Crippen LogP contribution in [-0.2, 0) is 11.3 Å². The number of aromatic nitrogens is 4. The fourth-order valence-corrected chi connectivity index (χ4v) is 4.72. The molecule has 3 heterocycles. The number of halogens is 1. The number of ether oxygens (including phenoxy) is 2. The SMILES string of the molecule is Nc1ncnc2c1nc(Sc1cc3c(cc1I)OCO3)n2CCCCCC(=O)O. The lowest BCUT2D eigenvalue weighted by Crippen LogP contribution is -2.03. The van der Waals surface area contributed by atoms with Gasteiger partial charge in [0.15, 0.2) is 33.6 Å². The van der Waals surface area contributed by atoms with Gasteiger partial charge in [0.2, 0.25) is 6.79 Å². The second-order valence-electron chi connectivity index (χ2n) is 6.42. The van der Waals surface area contributed by atoms with Crippen LogP contribution in [0.3, 0.4) is 0 Å². The Morgan fingerprint density at radius 1 is 1.24 bits per heavy atom. The number of aliphatic carboxylic acids is 1. The van der Waals surface area contributed by atoms with E-state index in [-0.39, 0.29) is 13.2 Å². The molecule has 3 N–H and O–H groups in total. The van der Waals surface area contributed by atoms with Crippen LogP contribution in [0.2, 0.25) is 0 Å². The molecule has 0 radical (unpaired) electrons. The van der Waals surface area contributed by atoms with Crippen molar-refractivity contribution in [1.29, 1.82) is 0 Å². The molecule has 29 heavy (non-hydrogen) atoms. The fourth-order valence-electron chi connectivity index (χ4n) is 3.01. The Bertz CT molecular complexity index is 1070. The highest BCUT2D eigenvalue weighted by atomic mass is 127. The van der Waals surface area contributed by atoms with E-state index in [4.69, 9.17) is 20.3 Å². The molecule has 1 aliphatic rings. The maximum Gasteiger partial charge on any atom is 0.303 e. The predicted molar refractivity (Wildman–Crippen MR) is 115 cm³/mol. The predicted octanol–water partition coefficient (Wildman–Crippen LogP) is 3.54. The van der Waals surface area contributed by atoms with Crippen LogP contribution in [0.4, 0.5) is 5.82 Å². The van der Waals surface area contributed by atoms with Crippen molar-refractivity contribution < 1.29 is 19.4 Å². The zero-order chi connectivity index (χ0) is 20.4. The molecule has 0 saturated carbocycles. The largest absolute Gasteiger partial charge is 0.481 e.